The Labute approximate surface area is 185 Å². The van der Waals surface area contributed by atoms with Crippen molar-refractivity contribution in [2.24, 2.45) is 0 Å². The van der Waals surface area contributed by atoms with E-state index in [1.807, 2.05) is 0 Å². The van der Waals surface area contributed by atoms with E-state index in [1.165, 1.54) is 24.3 Å². The highest BCUT2D eigenvalue weighted by atomic mass is 32.2. The van der Waals surface area contributed by atoms with Gasteiger partial charge in [0.2, 0.25) is 20.0 Å². The Bertz CT molecular complexity index is 1030. The fourth-order valence-electron chi connectivity index (χ4n) is 2.58. The zero-order valence-corrected chi connectivity index (χ0v) is 20.1. The van der Waals surface area contributed by atoms with E-state index < -0.39 is 31.1 Å². The maximum Gasteiger partial charge on any atom is 0.658 e. The van der Waals surface area contributed by atoms with Crippen molar-refractivity contribution in [3.63, 3.8) is 0 Å². The number of benzene rings is 2. The van der Waals surface area contributed by atoms with Gasteiger partial charge in [0, 0.05) is 11.1 Å². The van der Waals surface area contributed by atoms with Crippen LogP contribution in [-0.4, -0.2) is 35.6 Å². The van der Waals surface area contributed by atoms with E-state index in [0.29, 0.717) is 0 Å². The average molecular weight is 467 g/mol. The Morgan fingerprint density at radius 3 is 1.29 bits per heavy atom. The molecule has 0 aliphatic rings. The molecule has 8 nitrogen and oxygen atoms in total. The summed E-state index contributed by atoms with van der Waals surface area (Å²) in [7, 11) is -6.80. The smallest absolute Gasteiger partial charge is 0.525 e. The molecule has 11 heteroatoms. The van der Waals surface area contributed by atoms with Crippen molar-refractivity contribution < 1.29 is 26.1 Å². The lowest BCUT2D eigenvalue weighted by Gasteiger charge is -2.22. The van der Waals surface area contributed by atoms with Gasteiger partial charge in [-0.1, -0.05) is 24.3 Å². The summed E-state index contributed by atoms with van der Waals surface area (Å²) in [5.41, 5.74) is -1.36. The highest BCUT2D eigenvalue weighted by molar-refractivity contribution is 7.90. The molecule has 31 heavy (non-hydrogen) atoms. The second kappa shape index (κ2) is 9.19. The summed E-state index contributed by atoms with van der Waals surface area (Å²) in [4.78, 5) is -0.139. The minimum Gasteiger partial charge on any atom is -0.525 e. The number of hydrogen-bond donors (Lipinski definition) is 2. The largest absolute Gasteiger partial charge is 0.658 e. The van der Waals surface area contributed by atoms with Crippen LogP contribution in [0.5, 0.6) is 11.5 Å². The molecule has 0 aliphatic heterocycles. The molecule has 0 heterocycles. The lowest BCUT2D eigenvalue weighted by atomic mass is 10.1. The van der Waals surface area contributed by atoms with Crippen LogP contribution in [0.25, 0.3) is 0 Å². The van der Waals surface area contributed by atoms with Crippen LogP contribution in [0.4, 0.5) is 0 Å². The molecule has 0 atom stereocenters. The van der Waals surface area contributed by atoms with Crippen molar-refractivity contribution in [1.29, 1.82) is 0 Å². The van der Waals surface area contributed by atoms with Crippen LogP contribution in [0.15, 0.2) is 58.3 Å². The summed E-state index contributed by atoms with van der Waals surface area (Å²) >= 11 is 0. The Balaban J connectivity index is 2.22. The van der Waals surface area contributed by atoms with Gasteiger partial charge in [0.15, 0.2) is 0 Å². The van der Waals surface area contributed by atoms with E-state index in [-0.39, 0.29) is 21.3 Å². The standard InChI is InChI=1S/C20H28BN2O6S2/c1-19(2,3)22-30(24,25)17-13-9-7-11-15(17)28-21-29-16-12-8-10-14-18(16)31(26,27)23-20(4,5)6/h7-14,22-23H,1-6H3. The van der Waals surface area contributed by atoms with Crippen molar-refractivity contribution in [3.05, 3.63) is 48.5 Å². The third-order valence-electron chi connectivity index (χ3n) is 3.51. The van der Waals surface area contributed by atoms with Crippen molar-refractivity contribution in [2.75, 3.05) is 0 Å². The van der Waals surface area contributed by atoms with Gasteiger partial charge in [-0.2, -0.15) is 0 Å². The molecule has 0 fully saturated rings. The number of hydrogen-bond acceptors (Lipinski definition) is 6. The molecule has 2 aromatic carbocycles. The minimum absolute atomic E-state index is 0.0346. The van der Waals surface area contributed by atoms with Gasteiger partial charge in [0.25, 0.3) is 0 Å². The van der Waals surface area contributed by atoms with Gasteiger partial charge >= 0.3 is 7.69 Å². The topological polar surface area (TPSA) is 111 Å². The minimum atomic E-state index is -3.85. The van der Waals surface area contributed by atoms with Crippen LogP contribution < -0.4 is 18.8 Å². The van der Waals surface area contributed by atoms with Crippen LogP contribution in [-0.2, 0) is 20.0 Å². The molecular formula is C20H28BN2O6S2. The SMILES string of the molecule is CC(C)(C)NS(=O)(=O)c1ccccc1O[B]Oc1ccccc1S(=O)(=O)NC(C)(C)C. The van der Waals surface area contributed by atoms with E-state index in [2.05, 4.69) is 9.44 Å². The quantitative estimate of drug-likeness (QED) is 0.578. The van der Waals surface area contributed by atoms with E-state index in [4.69, 9.17) is 9.31 Å². The second-order valence-electron chi connectivity index (χ2n) is 8.94. The van der Waals surface area contributed by atoms with Crippen molar-refractivity contribution in [2.45, 2.75) is 62.4 Å². The van der Waals surface area contributed by atoms with Crippen molar-refractivity contribution in [1.82, 2.24) is 9.44 Å². The normalized spacial score (nSPS) is 13.0. The maximum absolute atomic E-state index is 12.7. The number of nitrogens with one attached hydrogen (secondary N) is 2. The molecule has 0 aliphatic carbocycles. The molecule has 2 aromatic rings. The molecule has 0 amide bonds. The number of sulfonamides is 2. The predicted molar refractivity (Wildman–Crippen MR) is 120 cm³/mol. The molecule has 169 valence electrons. The van der Waals surface area contributed by atoms with Gasteiger partial charge in [-0.25, -0.2) is 26.3 Å². The van der Waals surface area contributed by atoms with Gasteiger partial charge in [0.1, 0.15) is 21.3 Å². The van der Waals surface area contributed by atoms with E-state index in [9.17, 15) is 16.8 Å². The molecule has 0 saturated carbocycles. The molecule has 2 rings (SSSR count). The lowest BCUT2D eigenvalue weighted by molar-refractivity contribution is 0.440. The Kier molecular flexibility index (Phi) is 7.47. The first-order chi connectivity index (χ1) is 14.1. The average Bonchev–Trinajstić information content (AvgIpc) is 2.58. The predicted octanol–water partition coefficient (Wildman–Crippen LogP) is 2.83. The van der Waals surface area contributed by atoms with Gasteiger partial charge < -0.3 is 9.31 Å². The number of rotatable bonds is 8. The van der Waals surface area contributed by atoms with Crippen LogP contribution in [0.2, 0.25) is 0 Å². The molecule has 0 spiro atoms. The van der Waals surface area contributed by atoms with Crippen LogP contribution >= 0.6 is 0 Å². The Hall–Kier alpha value is -2.08. The van der Waals surface area contributed by atoms with Gasteiger partial charge in [-0.15, -0.1) is 0 Å². The summed E-state index contributed by atoms with van der Waals surface area (Å²) in [5.74, 6) is 0.0693. The summed E-state index contributed by atoms with van der Waals surface area (Å²) in [6.07, 6.45) is 0. The lowest BCUT2D eigenvalue weighted by Crippen LogP contribution is -2.40. The molecule has 0 aromatic heterocycles. The Morgan fingerprint density at radius 1 is 0.645 bits per heavy atom. The van der Waals surface area contributed by atoms with Crippen LogP contribution in [0.3, 0.4) is 0 Å². The maximum atomic E-state index is 12.7. The molecule has 0 saturated heterocycles. The Morgan fingerprint density at radius 2 is 0.968 bits per heavy atom. The first-order valence-corrected chi connectivity index (χ1v) is 12.5. The monoisotopic (exact) mass is 467 g/mol. The molecular weight excluding hydrogens is 439 g/mol. The second-order valence-corrected chi connectivity index (χ2v) is 12.2. The molecule has 0 bridgehead atoms. The van der Waals surface area contributed by atoms with E-state index in [1.54, 1.807) is 65.8 Å². The summed E-state index contributed by atoms with van der Waals surface area (Å²) in [5, 5.41) is 0. The van der Waals surface area contributed by atoms with E-state index in [0.717, 1.165) is 7.69 Å². The first-order valence-electron chi connectivity index (χ1n) is 9.52. The zero-order valence-electron chi connectivity index (χ0n) is 18.5. The van der Waals surface area contributed by atoms with E-state index >= 15 is 0 Å². The molecule has 2 N–H and O–H groups in total. The van der Waals surface area contributed by atoms with Gasteiger partial charge in [0.05, 0.1) is 0 Å². The molecule has 0 unspecified atom stereocenters. The summed E-state index contributed by atoms with van der Waals surface area (Å²) in [6.45, 7) is 10.4. The summed E-state index contributed by atoms with van der Waals surface area (Å²) < 4.78 is 66.7. The van der Waals surface area contributed by atoms with Gasteiger partial charge in [-0.05, 0) is 65.8 Å². The van der Waals surface area contributed by atoms with Crippen LogP contribution in [0, 0.1) is 0 Å². The third kappa shape index (κ3) is 7.53. The zero-order chi connectivity index (χ0) is 23.5. The first kappa shape index (κ1) is 25.2. The highest BCUT2D eigenvalue weighted by Gasteiger charge is 2.27. The fraction of sp³-hybridized carbons (Fsp3) is 0.400. The molecule has 1 radical (unpaired) electrons. The highest BCUT2D eigenvalue weighted by Crippen LogP contribution is 2.26. The van der Waals surface area contributed by atoms with Crippen LogP contribution in [0.1, 0.15) is 41.5 Å². The number of para-hydroxylation sites is 2. The van der Waals surface area contributed by atoms with Crippen molar-refractivity contribution >= 4 is 27.7 Å². The third-order valence-corrected chi connectivity index (χ3v) is 7.10. The van der Waals surface area contributed by atoms with Gasteiger partial charge in [-0.3, -0.25) is 0 Å². The summed E-state index contributed by atoms with van der Waals surface area (Å²) in [6, 6.07) is 12.1. The van der Waals surface area contributed by atoms with Crippen molar-refractivity contribution in [3.8, 4) is 11.5 Å². The fourth-order valence-corrected chi connectivity index (χ4v) is 5.69.